The number of benzene rings is 1. The maximum absolute atomic E-state index is 13.9. The van der Waals surface area contributed by atoms with Gasteiger partial charge in [-0.3, -0.25) is 4.79 Å². The van der Waals surface area contributed by atoms with Crippen LogP contribution in [-0.2, 0) is 4.79 Å². The third-order valence-electron chi connectivity index (χ3n) is 5.43. The van der Waals surface area contributed by atoms with Gasteiger partial charge in [0.15, 0.2) is 11.6 Å². The monoisotopic (exact) mass is 480 g/mol. The number of pyridine rings is 1. The Morgan fingerprint density at radius 2 is 2.12 bits per heavy atom. The molecule has 0 saturated carbocycles. The van der Waals surface area contributed by atoms with Crippen LogP contribution < -0.4 is 15.8 Å². The van der Waals surface area contributed by atoms with Crippen LogP contribution in [0.15, 0.2) is 30.6 Å². The molecule has 0 bridgehead atoms. The van der Waals surface area contributed by atoms with Crippen LogP contribution in [0.25, 0.3) is 5.57 Å². The number of nitrogens with two attached hydrogens (primary N) is 2. The zero-order chi connectivity index (χ0) is 23.3. The number of halogens is 3. The van der Waals surface area contributed by atoms with Crippen LogP contribution in [-0.4, -0.2) is 41.6 Å². The van der Waals surface area contributed by atoms with Crippen LogP contribution in [0.4, 0.5) is 10.2 Å². The highest BCUT2D eigenvalue weighted by molar-refractivity contribution is 6.36. The number of anilines is 1. The van der Waals surface area contributed by atoms with Gasteiger partial charge in [-0.15, -0.1) is 0 Å². The number of quaternary nitrogens is 1. The summed E-state index contributed by atoms with van der Waals surface area (Å²) in [6.45, 7) is 3.14. The quantitative estimate of drug-likeness (QED) is 0.305. The first-order valence-electron chi connectivity index (χ1n) is 10.1. The lowest BCUT2D eigenvalue weighted by atomic mass is 10.1. The van der Waals surface area contributed by atoms with Crippen molar-refractivity contribution in [3.8, 4) is 5.75 Å². The number of piperidine rings is 1. The summed E-state index contributed by atoms with van der Waals surface area (Å²) in [5, 5.41) is 10.0. The predicted molar refractivity (Wildman–Crippen MR) is 123 cm³/mol. The number of carbonyl (C=O) groups excluding carboxylic acids is 1. The minimum absolute atomic E-state index is 0.108. The number of aromatic nitrogens is 1. The summed E-state index contributed by atoms with van der Waals surface area (Å²) in [5.74, 6) is -0.165. The summed E-state index contributed by atoms with van der Waals surface area (Å²) in [6.07, 6.45) is 6.61. The molecule has 3 rings (SSSR count). The number of rotatable bonds is 8. The Bertz CT molecular complexity index is 1030. The van der Waals surface area contributed by atoms with Crippen LogP contribution >= 0.6 is 23.2 Å². The number of hydrogen-bond acceptors (Lipinski definition) is 5. The molecule has 10 heteroatoms. The molecule has 32 heavy (non-hydrogen) atoms. The molecule has 1 aromatic heterocycles. The van der Waals surface area contributed by atoms with E-state index in [4.69, 9.17) is 39.1 Å². The van der Waals surface area contributed by atoms with Gasteiger partial charge < -0.3 is 26.1 Å². The summed E-state index contributed by atoms with van der Waals surface area (Å²) in [4.78, 5) is 16.8. The van der Waals surface area contributed by atoms with Crippen molar-refractivity contribution in [3.63, 3.8) is 0 Å². The number of nitrogens with one attached hydrogen (secondary N) is 1. The largest absolute Gasteiger partial charge is 0.482 e. The van der Waals surface area contributed by atoms with Gasteiger partial charge in [-0.1, -0.05) is 23.2 Å². The highest BCUT2D eigenvalue weighted by Crippen LogP contribution is 2.36. The van der Waals surface area contributed by atoms with Gasteiger partial charge >= 0.3 is 0 Å². The third-order valence-corrected chi connectivity index (χ3v) is 6.15. The number of allylic oxidation sites excluding steroid dienone is 1. The van der Waals surface area contributed by atoms with Gasteiger partial charge in [-0.2, -0.15) is 0 Å². The minimum Gasteiger partial charge on any atom is -0.482 e. The smallest absolute Gasteiger partial charge is 0.209 e. The molecule has 5 N–H and O–H groups in total. The Morgan fingerprint density at radius 3 is 2.78 bits per heavy atom. The van der Waals surface area contributed by atoms with E-state index in [0.717, 1.165) is 32.3 Å². The van der Waals surface area contributed by atoms with Crippen LogP contribution in [0.1, 0.15) is 37.0 Å². The lowest BCUT2D eigenvalue weighted by molar-refractivity contribution is -0.628. The summed E-state index contributed by atoms with van der Waals surface area (Å²) < 4.78 is 19.8. The van der Waals surface area contributed by atoms with Crippen molar-refractivity contribution in [2.45, 2.75) is 31.9 Å². The summed E-state index contributed by atoms with van der Waals surface area (Å²) in [7, 11) is 0. The van der Waals surface area contributed by atoms with Gasteiger partial charge in [0.25, 0.3) is 0 Å². The molecular weight excluding hydrogens is 456 g/mol. The fraction of sp³-hybridized carbons (Fsp3) is 0.318. The van der Waals surface area contributed by atoms with E-state index in [9.17, 15) is 9.18 Å². The highest BCUT2D eigenvalue weighted by atomic mass is 35.5. The second kappa shape index (κ2) is 10.8. The Morgan fingerprint density at radius 1 is 1.41 bits per heavy atom. The van der Waals surface area contributed by atoms with E-state index in [0.29, 0.717) is 22.7 Å². The van der Waals surface area contributed by atoms with Crippen molar-refractivity contribution in [2.24, 2.45) is 0 Å². The molecule has 1 amide bonds. The lowest BCUT2D eigenvalue weighted by Gasteiger charge is -2.26. The first kappa shape index (κ1) is 24.0. The van der Waals surface area contributed by atoms with Crippen molar-refractivity contribution in [1.29, 1.82) is 5.41 Å². The first-order chi connectivity index (χ1) is 15.3. The van der Waals surface area contributed by atoms with Gasteiger partial charge in [0.2, 0.25) is 6.41 Å². The molecule has 1 atom stereocenters. The average molecular weight is 481 g/mol. The van der Waals surface area contributed by atoms with E-state index in [1.54, 1.807) is 24.1 Å². The van der Waals surface area contributed by atoms with Crippen molar-refractivity contribution < 1.29 is 19.2 Å². The Labute approximate surface area is 195 Å². The second-order valence-electron chi connectivity index (χ2n) is 7.56. The van der Waals surface area contributed by atoms with E-state index in [2.05, 4.69) is 4.98 Å². The van der Waals surface area contributed by atoms with E-state index in [1.807, 2.05) is 11.5 Å². The number of hydrogen-bond donors (Lipinski definition) is 3. The lowest BCUT2D eigenvalue weighted by Crippen LogP contribution is -2.86. The van der Waals surface area contributed by atoms with Crippen LogP contribution in [0.5, 0.6) is 5.75 Å². The highest BCUT2D eigenvalue weighted by Gasteiger charge is 2.21. The molecule has 0 unspecified atom stereocenters. The van der Waals surface area contributed by atoms with Crippen molar-refractivity contribution in [1.82, 2.24) is 9.88 Å². The van der Waals surface area contributed by atoms with Gasteiger partial charge in [-0.05, 0) is 25.1 Å². The molecule has 0 aliphatic carbocycles. The van der Waals surface area contributed by atoms with Gasteiger partial charge in [-0.25, -0.2) is 9.37 Å². The Balaban J connectivity index is 1.78. The van der Waals surface area contributed by atoms with Crippen LogP contribution in [0, 0.1) is 11.2 Å². The average Bonchev–Trinajstić information content (AvgIpc) is 2.79. The van der Waals surface area contributed by atoms with Crippen LogP contribution in [0.2, 0.25) is 10.0 Å². The van der Waals surface area contributed by atoms with E-state index in [-0.39, 0.29) is 21.6 Å². The zero-order valence-corrected chi connectivity index (χ0v) is 19.0. The summed E-state index contributed by atoms with van der Waals surface area (Å²) in [5.41, 5.74) is 7.58. The molecule has 2 aromatic rings. The third kappa shape index (κ3) is 5.56. The molecule has 1 aliphatic heterocycles. The molecule has 0 radical (unpaired) electrons. The molecule has 1 aromatic carbocycles. The fourth-order valence-electron chi connectivity index (χ4n) is 3.56. The number of likely N-dealkylation sites (tertiary alicyclic amines) is 1. The molecule has 1 aliphatic rings. The van der Waals surface area contributed by atoms with Crippen molar-refractivity contribution >= 4 is 47.2 Å². The number of nitrogen functional groups attached to an aromatic ring is 1. The number of carbonyl (C=O) groups is 1. The Hall–Kier alpha value is -2.68. The maximum atomic E-state index is 13.9. The standard InChI is InChI=1S/C22H24Cl2FN5O2/c1-13(20-17(23)2-3-18(25)21(20)24)32-19-8-14(10-29-22(19)27)15(9-26)11-28-16-4-6-30(12-31)7-5-16/h2-3,8-13,16,26,28H,4-7H2,1H3,(H2,27,29)/p+1/b15-11+,26-9?/t13-/m1/s1. The minimum atomic E-state index is -0.688. The van der Waals surface area contributed by atoms with Gasteiger partial charge in [0.1, 0.15) is 18.1 Å². The maximum Gasteiger partial charge on any atom is 0.209 e. The van der Waals surface area contributed by atoms with Gasteiger partial charge in [0.05, 0.1) is 16.6 Å². The van der Waals surface area contributed by atoms with Crippen LogP contribution in [0.3, 0.4) is 0 Å². The topological polar surface area (TPSA) is 109 Å². The zero-order valence-electron chi connectivity index (χ0n) is 17.5. The van der Waals surface area contributed by atoms with E-state index >= 15 is 0 Å². The summed E-state index contributed by atoms with van der Waals surface area (Å²) in [6, 6.07) is 4.62. The number of ether oxygens (including phenoxy) is 1. The molecule has 0 spiro atoms. The molecule has 170 valence electrons. The summed E-state index contributed by atoms with van der Waals surface area (Å²) >= 11 is 12.3. The van der Waals surface area contributed by atoms with Crippen molar-refractivity contribution in [3.05, 3.63) is 57.6 Å². The predicted octanol–water partition coefficient (Wildman–Crippen LogP) is 3.42. The fourth-order valence-corrected chi connectivity index (χ4v) is 4.23. The normalized spacial score (nSPS) is 16.0. The Kier molecular flexibility index (Phi) is 8.06. The number of amides is 1. The second-order valence-corrected chi connectivity index (χ2v) is 8.35. The molecule has 1 saturated heterocycles. The van der Waals surface area contributed by atoms with Gasteiger partial charge in [0, 0.05) is 54.5 Å². The van der Waals surface area contributed by atoms with E-state index in [1.165, 1.54) is 18.3 Å². The number of nitrogens with zero attached hydrogens (tertiary/aromatic N) is 2. The molecule has 2 heterocycles. The first-order valence-corrected chi connectivity index (χ1v) is 10.9. The molecular formula is C22H25Cl2FN5O2+. The SMILES string of the molecule is C[C@@H](Oc1cc(/C(C=N)=C/[NH2+]C2CCN(C=O)CC2)cnc1N)c1c(Cl)ccc(F)c1Cl. The molecule has 1 fully saturated rings. The van der Waals surface area contributed by atoms with E-state index < -0.39 is 11.9 Å². The molecule has 7 nitrogen and oxygen atoms in total. The van der Waals surface area contributed by atoms with Crippen molar-refractivity contribution in [2.75, 3.05) is 18.8 Å².